The average Bonchev–Trinajstić information content (AvgIpc) is 2.18. The molecule has 0 heterocycles. The van der Waals surface area contributed by atoms with Gasteiger partial charge in [-0.2, -0.15) is 0 Å². The van der Waals surface area contributed by atoms with Crippen LogP contribution >= 0.6 is 0 Å². The van der Waals surface area contributed by atoms with Crippen molar-refractivity contribution in [2.24, 2.45) is 11.5 Å². The first-order chi connectivity index (χ1) is 6.84. The van der Waals surface area contributed by atoms with Gasteiger partial charge in [-0.25, -0.2) is 0 Å². The monoisotopic (exact) mass is 218 g/mol. The largest absolute Gasteiger partial charge is 0.391 e. The number of ether oxygens (including phenoxy) is 1. The fourth-order valence-corrected chi connectivity index (χ4v) is 0.210. The van der Waals surface area contributed by atoms with Gasteiger partial charge in [0.1, 0.15) is 0 Å². The highest BCUT2D eigenvalue weighted by Crippen LogP contribution is 1.74. The Morgan fingerprint density at radius 2 is 1.13 bits per heavy atom. The number of carbonyl (C=O) groups is 4. The van der Waals surface area contributed by atoms with Crippen molar-refractivity contribution < 1.29 is 23.9 Å². The van der Waals surface area contributed by atoms with Crippen LogP contribution in [0.25, 0.3) is 0 Å². The minimum absolute atomic E-state index is 0.300. The normalized spacial score (nSPS) is 8.27. The van der Waals surface area contributed by atoms with E-state index in [0.29, 0.717) is 0 Å². The molecule has 0 rings (SSSR count). The predicted molar refractivity (Wildman–Crippen MR) is 50.6 cm³/mol. The SMILES string of the molecule is CC(=O)C(C)=O.NCC(=O)OC(=O)CN. The van der Waals surface area contributed by atoms with Crippen molar-refractivity contribution >= 4 is 23.5 Å². The van der Waals surface area contributed by atoms with Crippen LogP contribution in [-0.4, -0.2) is 36.6 Å². The second-order valence-corrected chi connectivity index (χ2v) is 2.37. The van der Waals surface area contributed by atoms with Crippen molar-refractivity contribution in [3.63, 3.8) is 0 Å². The van der Waals surface area contributed by atoms with Crippen molar-refractivity contribution in [1.82, 2.24) is 0 Å². The number of hydrogen-bond donors (Lipinski definition) is 2. The van der Waals surface area contributed by atoms with Gasteiger partial charge in [0.25, 0.3) is 0 Å². The Balaban J connectivity index is 0. The Labute approximate surface area is 86.7 Å². The van der Waals surface area contributed by atoms with Crippen molar-refractivity contribution in [2.75, 3.05) is 13.1 Å². The molecule has 7 heteroatoms. The molecule has 0 saturated heterocycles. The van der Waals surface area contributed by atoms with Gasteiger partial charge in [-0.3, -0.25) is 19.2 Å². The van der Waals surface area contributed by atoms with Gasteiger partial charge in [-0.15, -0.1) is 0 Å². The molecule has 7 nitrogen and oxygen atoms in total. The zero-order valence-corrected chi connectivity index (χ0v) is 8.61. The van der Waals surface area contributed by atoms with Crippen molar-refractivity contribution in [3.8, 4) is 0 Å². The lowest BCUT2D eigenvalue weighted by Gasteiger charge is -1.95. The molecule has 0 aliphatic rings. The predicted octanol–water partition coefficient (Wildman–Crippen LogP) is -1.86. The van der Waals surface area contributed by atoms with E-state index in [-0.39, 0.29) is 24.7 Å². The quantitative estimate of drug-likeness (QED) is 0.322. The molecule has 4 N–H and O–H groups in total. The molecule has 86 valence electrons. The first-order valence-corrected chi connectivity index (χ1v) is 4.00. The third-order valence-corrected chi connectivity index (χ3v) is 1.06. The van der Waals surface area contributed by atoms with Crippen molar-refractivity contribution in [1.29, 1.82) is 0 Å². The van der Waals surface area contributed by atoms with E-state index in [9.17, 15) is 19.2 Å². The van der Waals surface area contributed by atoms with Gasteiger partial charge >= 0.3 is 11.9 Å². The first-order valence-electron chi connectivity index (χ1n) is 4.00. The summed E-state index contributed by atoms with van der Waals surface area (Å²) < 4.78 is 4.02. The molecule has 0 unspecified atom stereocenters. The number of carbonyl (C=O) groups excluding carboxylic acids is 4. The molecule has 0 fully saturated rings. The summed E-state index contributed by atoms with van der Waals surface area (Å²) in [6, 6.07) is 0. The topological polar surface area (TPSA) is 130 Å². The molecule has 0 aromatic heterocycles. The number of Topliss-reactive ketones (excluding diaryl/α,β-unsaturated/α-hetero) is 2. The molecule has 0 atom stereocenters. The number of nitrogens with two attached hydrogens (primary N) is 2. The Bertz CT molecular complexity index is 236. The molecule has 15 heavy (non-hydrogen) atoms. The maximum Gasteiger partial charge on any atom is 0.327 e. The Kier molecular flexibility index (Phi) is 9.49. The van der Waals surface area contributed by atoms with Gasteiger partial charge in [-0.05, 0) is 0 Å². The summed E-state index contributed by atoms with van der Waals surface area (Å²) in [6.07, 6.45) is 0. The van der Waals surface area contributed by atoms with Crippen LogP contribution in [0.3, 0.4) is 0 Å². The van der Waals surface area contributed by atoms with E-state index in [1.165, 1.54) is 13.8 Å². The Hall–Kier alpha value is -1.60. The highest BCUT2D eigenvalue weighted by Gasteiger charge is 2.04. The highest BCUT2D eigenvalue weighted by molar-refractivity contribution is 6.35. The van der Waals surface area contributed by atoms with Crippen LogP contribution in [0.5, 0.6) is 0 Å². The molecule has 0 aromatic rings. The lowest BCUT2D eigenvalue weighted by molar-refractivity contribution is -0.157. The average molecular weight is 218 g/mol. The van der Waals surface area contributed by atoms with Gasteiger partial charge in [0.05, 0.1) is 13.1 Å². The zero-order chi connectivity index (χ0) is 12.4. The van der Waals surface area contributed by atoms with Crippen LogP contribution in [0.15, 0.2) is 0 Å². The van der Waals surface area contributed by atoms with E-state index in [1.807, 2.05) is 0 Å². The van der Waals surface area contributed by atoms with Crippen LogP contribution in [0.1, 0.15) is 13.8 Å². The van der Waals surface area contributed by atoms with Crippen LogP contribution in [-0.2, 0) is 23.9 Å². The molecular weight excluding hydrogens is 204 g/mol. The number of esters is 2. The molecule has 0 spiro atoms. The van der Waals surface area contributed by atoms with Gasteiger partial charge < -0.3 is 16.2 Å². The summed E-state index contributed by atoms with van der Waals surface area (Å²) >= 11 is 0. The Morgan fingerprint density at radius 1 is 0.867 bits per heavy atom. The smallest absolute Gasteiger partial charge is 0.327 e. The molecule has 0 aromatic carbocycles. The molecular formula is C8H14N2O5. The van der Waals surface area contributed by atoms with Crippen LogP contribution in [0.2, 0.25) is 0 Å². The third kappa shape index (κ3) is 12.4. The fourth-order valence-electron chi connectivity index (χ4n) is 0.210. The third-order valence-electron chi connectivity index (χ3n) is 1.06. The summed E-state index contributed by atoms with van der Waals surface area (Å²) in [6.45, 7) is 1.90. The second-order valence-electron chi connectivity index (χ2n) is 2.37. The summed E-state index contributed by atoms with van der Waals surface area (Å²) in [4.78, 5) is 39.9. The van der Waals surface area contributed by atoms with E-state index in [1.54, 1.807) is 0 Å². The zero-order valence-electron chi connectivity index (χ0n) is 8.61. The fraction of sp³-hybridized carbons (Fsp3) is 0.500. The lowest BCUT2D eigenvalue weighted by Crippen LogP contribution is -2.25. The summed E-state index contributed by atoms with van der Waals surface area (Å²) in [5.74, 6) is -2.28. The molecule has 0 bridgehead atoms. The maximum absolute atomic E-state index is 10.2. The van der Waals surface area contributed by atoms with Crippen LogP contribution in [0, 0.1) is 0 Å². The number of hydrogen-bond acceptors (Lipinski definition) is 7. The minimum Gasteiger partial charge on any atom is -0.391 e. The van der Waals surface area contributed by atoms with E-state index in [0.717, 1.165) is 0 Å². The van der Waals surface area contributed by atoms with E-state index < -0.39 is 11.9 Å². The van der Waals surface area contributed by atoms with Gasteiger partial charge in [0.15, 0.2) is 11.6 Å². The van der Waals surface area contributed by atoms with E-state index in [4.69, 9.17) is 11.5 Å². The summed E-state index contributed by atoms with van der Waals surface area (Å²) in [7, 11) is 0. The first kappa shape index (κ1) is 15.9. The molecule has 0 radical (unpaired) electrons. The van der Waals surface area contributed by atoms with Gasteiger partial charge in [0, 0.05) is 13.8 Å². The van der Waals surface area contributed by atoms with Crippen molar-refractivity contribution in [2.45, 2.75) is 13.8 Å². The Morgan fingerprint density at radius 3 is 1.27 bits per heavy atom. The molecule has 0 saturated carbocycles. The molecule has 0 aliphatic heterocycles. The maximum atomic E-state index is 10.2. The van der Waals surface area contributed by atoms with Gasteiger partial charge in [-0.1, -0.05) is 0 Å². The standard InChI is InChI=1S/C4H8N2O3.C4H6O2/c5-1-3(7)9-4(8)2-6;1-3(5)4(2)6/h1-2,5-6H2;1-2H3. The van der Waals surface area contributed by atoms with E-state index in [2.05, 4.69) is 4.74 Å². The van der Waals surface area contributed by atoms with Gasteiger partial charge in [0.2, 0.25) is 0 Å². The second kappa shape index (κ2) is 8.97. The van der Waals surface area contributed by atoms with Crippen LogP contribution in [0.4, 0.5) is 0 Å². The number of ketones is 2. The van der Waals surface area contributed by atoms with Crippen molar-refractivity contribution in [3.05, 3.63) is 0 Å². The summed E-state index contributed by atoms with van der Waals surface area (Å²) in [5.41, 5.74) is 9.61. The minimum atomic E-state index is -0.759. The van der Waals surface area contributed by atoms with Crippen LogP contribution < -0.4 is 11.5 Å². The molecule has 0 aliphatic carbocycles. The van der Waals surface area contributed by atoms with E-state index >= 15 is 0 Å². The molecule has 0 amide bonds. The summed E-state index contributed by atoms with van der Waals surface area (Å²) in [5, 5.41) is 0. The lowest BCUT2D eigenvalue weighted by atomic mass is 10.3. The number of rotatable bonds is 3. The highest BCUT2D eigenvalue weighted by atomic mass is 16.6.